The molecule has 4 heteroatoms. The van der Waals surface area contributed by atoms with Crippen molar-refractivity contribution in [2.75, 3.05) is 5.73 Å². The summed E-state index contributed by atoms with van der Waals surface area (Å²) in [5.41, 5.74) is 6.57. The van der Waals surface area contributed by atoms with E-state index in [4.69, 9.17) is 10.2 Å². The molecule has 0 aliphatic carbocycles. The number of rotatable bonds is 0. The highest BCUT2D eigenvalue weighted by Crippen LogP contribution is 2.09. The van der Waals surface area contributed by atoms with E-state index < -0.39 is 0 Å². The molecule has 2 aromatic heterocycles. The standard InChI is InChI=1S/C6H5N3O/c7-5-3-8-4-1-2-10-6(4)9-5/h1-3H,(H2,7,9). The highest BCUT2D eigenvalue weighted by Gasteiger charge is 1.97. The zero-order valence-electron chi connectivity index (χ0n) is 5.11. The van der Waals surface area contributed by atoms with Gasteiger partial charge in [0.1, 0.15) is 11.3 Å². The van der Waals surface area contributed by atoms with Gasteiger partial charge in [0, 0.05) is 6.07 Å². The maximum absolute atomic E-state index is 5.35. The van der Waals surface area contributed by atoms with Gasteiger partial charge in [0.05, 0.1) is 12.5 Å². The molecule has 0 radical (unpaired) electrons. The molecule has 0 aliphatic rings. The normalized spacial score (nSPS) is 10.4. The Hall–Kier alpha value is -1.58. The summed E-state index contributed by atoms with van der Waals surface area (Å²) in [7, 11) is 0. The van der Waals surface area contributed by atoms with Crippen molar-refractivity contribution in [1.29, 1.82) is 0 Å². The van der Waals surface area contributed by atoms with Crippen LogP contribution in [-0.4, -0.2) is 9.97 Å². The average molecular weight is 135 g/mol. The van der Waals surface area contributed by atoms with Gasteiger partial charge in [-0.2, -0.15) is 4.98 Å². The van der Waals surface area contributed by atoms with E-state index in [1.807, 2.05) is 0 Å². The molecule has 2 rings (SSSR count). The van der Waals surface area contributed by atoms with E-state index in [-0.39, 0.29) is 0 Å². The molecule has 2 N–H and O–H groups in total. The second-order valence-corrected chi connectivity index (χ2v) is 1.91. The summed E-state index contributed by atoms with van der Waals surface area (Å²) in [6.45, 7) is 0. The number of nitrogen functional groups attached to an aromatic ring is 1. The topological polar surface area (TPSA) is 64.9 Å². The fraction of sp³-hybridized carbons (Fsp3) is 0. The third-order valence-corrected chi connectivity index (χ3v) is 1.19. The molecule has 50 valence electrons. The molecule has 4 nitrogen and oxygen atoms in total. The van der Waals surface area contributed by atoms with Gasteiger partial charge in [0.15, 0.2) is 0 Å². The maximum Gasteiger partial charge on any atom is 0.246 e. The van der Waals surface area contributed by atoms with Gasteiger partial charge in [-0.05, 0) is 0 Å². The Morgan fingerprint density at radius 2 is 2.40 bits per heavy atom. The molecular weight excluding hydrogens is 130 g/mol. The first kappa shape index (κ1) is 5.22. The number of hydrogen-bond acceptors (Lipinski definition) is 4. The molecular formula is C6H5N3O. The minimum absolute atomic E-state index is 0.377. The minimum atomic E-state index is 0.377. The van der Waals surface area contributed by atoms with Crippen molar-refractivity contribution in [3.8, 4) is 0 Å². The Bertz CT molecular complexity index is 355. The smallest absolute Gasteiger partial charge is 0.246 e. The maximum atomic E-state index is 5.35. The molecule has 2 heterocycles. The molecule has 0 bridgehead atoms. The zero-order chi connectivity index (χ0) is 6.97. The zero-order valence-corrected chi connectivity index (χ0v) is 5.11. The predicted molar refractivity (Wildman–Crippen MR) is 36.2 cm³/mol. The van der Waals surface area contributed by atoms with Crippen LogP contribution in [-0.2, 0) is 0 Å². The van der Waals surface area contributed by atoms with Gasteiger partial charge in [-0.25, -0.2) is 4.98 Å². The van der Waals surface area contributed by atoms with Crippen LogP contribution in [0.25, 0.3) is 11.2 Å². The lowest BCUT2D eigenvalue weighted by Crippen LogP contribution is -1.89. The highest BCUT2D eigenvalue weighted by molar-refractivity contribution is 5.68. The Kier molecular flexibility index (Phi) is 0.887. The van der Waals surface area contributed by atoms with Gasteiger partial charge < -0.3 is 10.2 Å². The SMILES string of the molecule is Nc1cnc2ccoc2n1. The molecule has 0 amide bonds. The van der Waals surface area contributed by atoms with E-state index in [1.54, 1.807) is 6.07 Å². The molecule has 0 aliphatic heterocycles. The largest absolute Gasteiger partial charge is 0.445 e. The fourth-order valence-corrected chi connectivity index (χ4v) is 0.758. The molecule has 0 unspecified atom stereocenters. The van der Waals surface area contributed by atoms with Gasteiger partial charge in [-0.3, -0.25) is 0 Å². The van der Waals surface area contributed by atoms with Gasteiger partial charge in [-0.15, -0.1) is 0 Å². The van der Waals surface area contributed by atoms with Crippen molar-refractivity contribution in [1.82, 2.24) is 9.97 Å². The number of fused-ring (bicyclic) bond motifs is 1. The van der Waals surface area contributed by atoms with Crippen LogP contribution in [0.3, 0.4) is 0 Å². The van der Waals surface area contributed by atoms with Gasteiger partial charge in [-0.1, -0.05) is 0 Å². The number of nitrogens with two attached hydrogens (primary N) is 1. The van der Waals surface area contributed by atoms with Gasteiger partial charge >= 0.3 is 0 Å². The Morgan fingerprint density at radius 3 is 3.30 bits per heavy atom. The lowest BCUT2D eigenvalue weighted by atomic mass is 10.5. The summed E-state index contributed by atoms with van der Waals surface area (Å²) in [6.07, 6.45) is 3.03. The second-order valence-electron chi connectivity index (χ2n) is 1.91. The van der Waals surface area contributed by atoms with E-state index in [0.29, 0.717) is 11.5 Å². The number of aromatic nitrogens is 2. The number of hydrogen-bond donors (Lipinski definition) is 1. The Labute approximate surface area is 56.7 Å². The van der Waals surface area contributed by atoms with Crippen molar-refractivity contribution < 1.29 is 4.42 Å². The predicted octanol–water partition coefficient (Wildman–Crippen LogP) is 0.805. The van der Waals surface area contributed by atoms with Crippen molar-refractivity contribution in [3.05, 3.63) is 18.5 Å². The van der Waals surface area contributed by atoms with Crippen molar-refractivity contribution in [2.24, 2.45) is 0 Å². The lowest BCUT2D eigenvalue weighted by molar-refractivity contribution is 0.603. The summed E-state index contributed by atoms with van der Waals surface area (Å²) in [4.78, 5) is 7.84. The second kappa shape index (κ2) is 1.70. The van der Waals surface area contributed by atoms with E-state index in [1.165, 1.54) is 12.5 Å². The molecule has 0 saturated carbocycles. The summed E-state index contributed by atoms with van der Waals surface area (Å²) in [5.74, 6) is 0.377. The Balaban J connectivity index is 2.86. The van der Waals surface area contributed by atoms with E-state index in [0.717, 1.165) is 5.52 Å². The molecule has 0 spiro atoms. The van der Waals surface area contributed by atoms with Crippen LogP contribution in [0.15, 0.2) is 22.9 Å². The lowest BCUT2D eigenvalue weighted by Gasteiger charge is -1.87. The third-order valence-electron chi connectivity index (χ3n) is 1.19. The van der Waals surface area contributed by atoms with Crippen LogP contribution >= 0.6 is 0 Å². The van der Waals surface area contributed by atoms with Crippen LogP contribution in [0, 0.1) is 0 Å². The first-order valence-electron chi connectivity index (χ1n) is 2.82. The van der Waals surface area contributed by atoms with Gasteiger partial charge in [0.25, 0.3) is 0 Å². The summed E-state index contributed by atoms with van der Waals surface area (Å²) in [6, 6.07) is 1.74. The third kappa shape index (κ3) is 0.621. The van der Waals surface area contributed by atoms with Crippen molar-refractivity contribution in [3.63, 3.8) is 0 Å². The first-order valence-corrected chi connectivity index (χ1v) is 2.82. The van der Waals surface area contributed by atoms with E-state index in [9.17, 15) is 0 Å². The number of anilines is 1. The Morgan fingerprint density at radius 1 is 1.50 bits per heavy atom. The first-order chi connectivity index (χ1) is 4.86. The molecule has 2 aromatic rings. The molecule has 0 aromatic carbocycles. The van der Waals surface area contributed by atoms with Crippen LogP contribution in [0.2, 0.25) is 0 Å². The quantitative estimate of drug-likeness (QED) is 0.580. The summed E-state index contributed by atoms with van der Waals surface area (Å²) in [5, 5.41) is 0. The van der Waals surface area contributed by atoms with Crippen LogP contribution in [0.5, 0.6) is 0 Å². The summed E-state index contributed by atoms with van der Waals surface area (Å²) < 4.78 is 4.95. The van der Waals surface area contributed by atoms with E-state index in [2.05, 4.69) is 9.97 Å². The van der Waals surface area contributed by atoms with Crippen molar-refractivity contribution >= 4 is 17.0 Å². The van der Waals surface area contributed by atoms with Crippen LogP contribution in [0.1, 0.15) is 0 Å². The monoisotopic (exact) mass is 135 g/mol. The van der Waals surface area contributed by atoms with E-state index >= 15 is 0 Å². The molecule has 0 atom stereocenters. The van der Waals surface area contributed by atoms with Crippen LogP contribution < -0.4 is 5.73 Å². The van der Waals surface area contributed by atoms with Crippen LogP contribution in [0.4, 0.5) is 5.82 Å². The fourth-order valence-electron chi connectivity index (χ4n) is 0.758. The van der Waals surface area contributed by atoms with Gasteiger partial charge in [0.2, 0.25) is 5.71 Å². The molecule has 0 saturated heterocycles. The highest BCUT2D eigenvalue weighted by atomic mass is 16.3. The summed E-state index contributed by atoms with van der Waals surface area (Å²) >= 11 is 0. The minimum Gasteiger partial charge on any atom is -0.445 e. The van der Waals surface area contributed by atoms with Crippen molar-refractivity contribution in [2.45, 2.75) is 0 Å². The number of nitrogens with zero attached hydrogens (tertiary/aromatic N) is 2. The number of furan rings is 1. The molecule has 0 fully saturated rings. The average Bonchev–Trinajstić information content (AvgIpc) is 2.33. The molecule has 10 heavy (non-hydrogen) atoms.